The van der Waals surface area contributed by atoms with Gasteiger partial charge in [-0.05, 0) is 125 Å². The molecule has 0 saturated carbocycles. The number of fused-ring (bicyclic) bond motifs is 6. The third-order valence-electron chi connectivity index (χ3n) is 13.7. The van der Waals surface area contributed by atoms with Gasteiger partial charge in [-0.25, -0.2) is 0 Å². The molecule has 0 amide bonds. The second-order valence-electron chi connectivity index (χ2n) is 17.8. The highest BCUT2D eigenvalue weighted by atomic mass is 15.2. The van der Waals surface area contributed by atoms with E-state index in [1.165, 1.54) is 54.8 Å². The molecule has 13 aromatic rings. The maximum atomic E-state index is 2.41. The molecule has 4 nitrogen and oxygen atoms in total. The van der Waals surface area contributed by atoms with Gasteiger partial charge in [0.1, 0.15) is 0 Å². The van der Waals surface area contributed by atoms with Crippen LogP contribution in [0.3, 0.4) is 0 Å². The van der Waals surface area contributed by atoms with E-state index in [4.69, 9.17) is 0 Å². The van der Waals surface area contributed by atoms with Crippen LogP contribution in [0.5, 0.6) is 0 Å². The summed E-state index contributed by atoms with van der Waals surface area (Å²) in [6.45, 7) is 0. The molecule has 11 aromatic carbocycles. The Morgan fingerprint density at radius 1 is 0.200 bits per heavy atom. The third-order valence-corrected chi connectivity index (χ3v) is 13.7. The van der Waals surface area contributed by atoms with Crippen LogP contribution in [0.15, 0.2) is 279 Å². The van der Waals surface area contributed by atoms with Gasteiger partial charge in [-0.3, -0.25) is 0 Å². The lowest BCUT2D eigenvalue weighted by atomic mass is 10.1. The van der Waals surface area contributed by atoms with Gasteiger partial charge in [0.15, 0.2) is 0 Å². The minimum atomic E-state index is 1.05. The summed E-state index contributed by atoms with van der Waals surface area (Å²) in [6.07, 6.45) is 0. The largest absolute Gasteiger partial charge is 0.310 e. The average molecular weight is 895 g/mol. The number of hydrogen-bond acceptors (Lipinski definition) is 2. The van der Waals surface area contributed by atoms with Gasteiger partial charge in [0, 0.05) is 67.0 Å². The average Bonchev–Trinajstić information content (AvgIpc) is 3.94. The molecule has 0 spiro atoms. The van der Waals surface area contributed by atoms with Gasteiger partial charge >= 0.3 is 0 Å². The lowest BCUT2D eigenvalue weighted by Gasteiger charge is -2.29. The summed E-state index contributed by atoms with van der Waals surface area (Å²) < 4.78 is 4.82. The van der Waals surface area contributed by atoms with Crippen LogP contribution in [0.1, 0.15) is 0 Å². The third kappa shape index (κ3) is 7.18. The van der Waals surface area contributed by atoms with Gasteiger partial charge in [0.25, 0.3) is 0 Å². The van der Waals surface area contributed by atoms with E-state index in [-0.39, 0.29) is 0 Å². The molecule has 0 radical (unpaired) electrons. The minimum absolute atomic E-state index is 1.05. The van der Waals surface area contributed by atoms with Crippen molar-refractivity contribution in [3.05, 3.63) is 279 Å². The Morgan fingerprint density at radius 3 is 0.929 bits per heavy atom. The lowest BCUT2D eigenvalue weighted by Crippen LogP contribution is -2.13. The van der Waals surface area contributed by atoms with E-state index in [9.17, 15) is 0 Å². The van der Waals surface area contributed by atoms with E-state index in [0.29, 0.717) is 0 Å². The van der Waals surface area contributed by atoms with Crippen LogP contribution in [-0.4, -0.2) is 9.13 Å². The van der Waals surface area contributed by atoms with Gasteiger partial charge < -0.3 is 18.9 Å². The highest BCUT2D eigenvalue weighted by Gasteiger charge is 2.21. The van der Waals surface area contributed by atoms with E-state index in [1.54, 1.807) is 0 Å². The molecular formula is C66H46N4. The SMILES string of the molecule is c1ccc(-c2ccc(-n3c4ccccc4c4ccc(N(c5ccccc5)c5cccc(N(c6ccccc6)c6ccc7c8ccccc8n(-c8ccc(-c9ccccc9)cc8)c7c6)c5)cc43)cc2)cc1. The first-order chi connectivity index (χ1) is 34.7. The molecule has 0 fully saturated rings. The highest BCUT2D eigenvalue weighted by molar-refractivity contribution is 6.12. The molecule has 330 valence electrons. The van der Waals surface area contributed by atoms with Gasteiger partial charge in [-0.15, -0.1) is 0 Å². The number of hydrogen-bond donors (Lipinski definition) is 0. The van der Waals surface area contributed by atoms with Gasteiger partial charge in [0.2, 0.25) is 0 Å². The summed E-state index contributed by atoms with van der Waals surface area (Å²) in [6, 6.07) is 101. The van der Waals surface area contributed by atoms with Crippen molar-refractivity contribution < 1.29 is 0 Å². The van der Waals surface area contributed by atoms with Gasteiger partial charge in [0.05, 0.1) is 22.1 Å². The van der Waals surface area contributed by atoms with Crippen molar-refractivity contribution in [2.45, 2.75) is 0 Å². The summed E-state index contributed by atoms with van der Waals surface area (Å²) in [7, 11) is 0. The predicted molar refractivity (Wildman–Crippen MR) is 295 cm³/mol. The number of benzene rings is 11. The van der Waals surface area contributed by atoms with Crippen molar-refractivity contribution in [1.29, 1.82) is 0 Å². The maximum absolute atomic E-state index is 2.41. The maximum Gasteiger partial charge on any atom is 0.0561 e. The molecule has 70 heavy (non-hydrogen) atoms. The summed E-state index contributed by atoms with van der Waals surface area (Å²) in [5.41, 5.74) is 18.1. The molecular weight excluding hydrogens is 849 g/mol. The van der Waals surface area contributed by atoms with E-state index < -0.39 is 0 Å². The fourth-order valence-corrected chi connectivity index (χ4v) is 10.4. The second kappa shape index (κ2) is 17.4. The van der Waals surface area contributed by atoms with Gasteiger partial charge in [-0.1, -0.05) is 176 Å². The van der Waals surface area contributed by atoms with Gasteiger partial charge in [-0.2, -0.15) is 0 Å². The Labute approximate surface area is 407 Å². The van der Waals surface area contributed by atoms with Crippen LogP contribution in [-0.2, 0) is 0 Å². The molecule has 0 unspecified atom stereocenters. The van der Waals surface area contributed by atoms with Crippen molar-refractivity contribution in [2.75, 3.05) is 9.80 Å². The van der Waals surface area contributed by atoms with E-state index in [2.05, 4.69) is 298 Å². The van der Waals surface area contributed by atoms with Crippen LogP contribution in [0.25, 0.3) is 77.2 Å². The molecule has 0 saturated heterocycles. The molecule has 13 rings (SSSR count). The molecule has 0 aliphatic heterocycles. The number of rotatable bonds is 10. The van der Waals surface area contributed by atoms with Crippen molar-refractivity contribution in [3.63, 3.8) is 0 Å². The van der Waals surface area contributed by atoms with Crippen LogP contribution in [0.4, 0.5) is 34.1 Å². The topological polar surface area (TPSA) is 16.3 Å². The number of aromatic nitrogens is 2. The number of anilines is 6. The summed E-state index contributed by atoms with van der Waals surface area (Å²) >= 11 is 0. The van der Waals surface area contributed by atoms with Crippen LogP contribution in [0, 0.1) is 0 Å². The summed E-state index contributed by atoms with van der Waals surface area (Å²) in [5, 5.41) is 4.87. The second-order valence-corrected chi connectivity index (χ2v) is 17.8. The standard InChI is InChI=1S/C66H46N4/c1-5-18-47(19-6-1)49-32-36-53(37-33-49)69-63-30-15-13-28-59(63)61-42-40-57(45-65(61)69)67(51-22-9-3-10-23-51)55-26-17-27-56(44-55)68(52-24-11-4-12-25-52)58-41-43-62-60-29-14-16-31-64(60)70(66(62)46-58)54-38-34-50(35-39-54)48-20-7-2-8-21-48/h1-46H. The zero-order chi connectivity index (χ0) is 46.4. The first-order valence-electron chi connectivity index (χ1n) is 23.9. The van der Waals surface area contributed by atoms with E-state index in [0.717, 1.165) is 56.5 Å². The quantitative estimate of drug-likeness (QED) is 0.136. The monoisotopic (exact) mass is 894 g/mol. The summed E-state index contributed by atoms with van der Waals surface area (Å²) in [5.74, 6) is 0. The Kier molecular flexibility index (Phi) is 10.1. The molecule has 4 heteroatoms. The van der Waals surface area contributed by atoms with Crippen molar-refractivity contribution in [1.82, 2.24) is 9.13 Å². The minimum Gasteiger partial charge on any atom is -0.310 e. The number of para-hydroxylation sites is 4. The molecule has 0 N–H and O–H groups in total. The fraction of sp³-hybridized carbons (Fsp3) is 0. The van der Waals surface area contributed by atoms with Crippen molar-refractivity contribution in [2.24, 2.45) is 0 Å². The first-order valence-corrected chi connectivity index (χ1v) is 23.9. The smallest absolute Gasteiger partial charge is 0.0561 e. The molecule has 0 atom stereocenters. The first kappa shape index (κ1) is 40.9. The molecule has 0 aliphatic carbocycles. The molecule has 0 aliphatic rings. The zero-order valence-corrected chi connectivity index (χ0v) is 38.3. The van der Waals surface area contributed by atoms with Crippen LogP contribution < -0.4 is 9.80 Å². The van der Waals surface area contributed by atoms with Crippen molar-refractivity contribution >= 4 is 77.7 Å². The van der Waals surface area contributed by atoms with Crippen LogP contribution in [0.2, 0.25) is 0 Å². The van der Waals surface area contributed by atoms with Crippen LogP contribution >= 0.6 is 0 Å². The van der Waals surface area contributed by atoms with E-state index >= 15 is 0 Å². The predicted octanol–water partition coefficient (Wildman–Crippen LogP) is 18.2. The normalized spacial score (nSPS) is 11.4. The number of nitrogens with zero attached hydrogens (tertiary/aromatic N) is 4. The Morgan fingerprint density at radius 2 is 0.514 bits per heavy atom. The molecule has 0 bridgehead atoms. The Hall–Kier alpha value is -9.38. The summed E-state index contributed by atoms with van der Waals surface area (Å²) in [4.78, 5) is 4.76. The molecule has 2 heterocycles. The lowest BCUT2D eigenvalue weighted by molar-refractivity contribution is 1.17. The highest BCUT2D eigenvalue weighted by Crippen LogP contribution is 2.44. The van der Waals surface area contributed by atoms with E-state index in [1.807, 2.05) is 0 Å². The molecule has 2 aromatic heterocycles. The fourth-order valence-electron chi connectivity index (χ4n) is 10.4. The Bertz CT molecular complexity index is 3710. The zero-order valence-electron chi connectivity index (χ0n) is 38.3. The van der Waals surface area contributed by atoms with Crippen molar-refractivity contribution in [3.8, 4) is 33.6 Å². The Balaban J connectivity index is 0.952.